The Labute approximate surface area is 133 Å². The molecule has 0 amide bonds. The summed E-state index contributed by atoms with van der Waals surface area (Å²) in [7, 11) is 0. The topological polar surface area (TPSA) is 95.5 Å². The van der Waals surface area contributed by atoms with Crippen LogP contribution in [0.1, 0.15) is 26.3 Å². The van der Waals surface area contributed by atoms with E-state index in [0.29, 0.717) is 12.2 Å². The summed E-state index contributed by atoms with van der Waals surface area (Å²) in [5.74, 6) is 0.589. The van der Waals surface area contributed by atoms with Gasteiger partial charge in [0.05, 0.1) is 28.0 Å². The van der Waals surface area contributed by atoms with Crippen molar-refractivity contribution in [2.45, 2.75) is 27.2 Å². The molecule has 0 bridgehead atoms. The number of rotatable bonds is 5. The average Bonchev–Trinajstić information content (AvgIpc) is 2.56. The Balaban J connectivity index is 0.00000127. The predicted octanol–water partition coefficient (Wildman–Crippen LogP) is 4.88. The molecule has 0 aliphatic heterocycles. The van der Waals surface area contributed by atoms with Crippen molar-refractivity contribution in [3.05, 3.63) is 68.3 Å². The van der Waals surface area contributed by atoms with E-state index in [-0.39, 0.29) is 17.1 Å². The maximum atomic E-state index is 10.8. The molecule has 0 unspecified atom stereocenters. The first kappa shape index (κ1) is 18.1. The second-order valence-corrected chi connectivity index (χ2v) is 4.26. The molecule has 7 nitrogen and oxygen atoms in total. The van der Waals surface area contributed by atoms with E-state index in [9.17, 15) is 20.2 Å². The molecule has 0 aliphatic carbocycles. The number of non-ortho nitro benzene ring substituents is 2. The van der Waals surface area contributed by atoms with Crippen LogP contribution in [0, 0.1) is 20.2 Å². The zero-order valence-corrected chi connectivity index (χ0v) is 13.2. The van der Waals surface area contributed by atoms with E-state index in [1.165, 1.54) is 12.1 Å². The lowest BCUT2D eigenvalue weighted by Gasteiger charge is -2.09. The lowest BCUT2D eigenvalue weighted by molar-refractivity contribution is -0.394. The van der Waals surface area contributed by atoms with Crippen LogP contribution in [-0.4, -0.2) is 9.85 Å². The van der Waals surface area contributed by atoms with Gasteiger partial charge in [0, 0.05) is 0 Å². The van der Waals surface area contributed by atoms with Crippen molar-refractivity contribution in [2.75, 3.05) is 0 Å². The second kappa shape index (κ2) is 8.47. The van der Waals surface area contributed by atoms with Gasteiger partial charge in [0.25, 0.3) is 11.4 Å². The van der Waals surface area contributed by atoms with E-state index in [2.05, 4.69) is 0 Å². The van der Waals surface area contributed by atoms with E-state index >= 15 is 0 Å². The zero-order chi connectivity index (χ0) is 17.4. The van der Waals surface area contributed by atoms with Gasteiger partial charge in [-0.3, -0.25) is 20.2 Å². The number of nitro benzene ring substituents is 2. The number of hydrogen-bond donors (Lipinski definition) is 0. The molecular formula is C16H18N2O5. The number of nitrogens with zero attached hydrogens (tertiary/aromatic N) is 2. The summed E-state index contributed by atoms with van der Waals surface area (Å²) in [6.45, 7) is 5.94. The first-order chi connectivity index (χ1) is 11.0. The fourth-order valence-electron chi connectivity index (χ4n) is 1.86. The Kier molecular flexibility index (Phi) is 6.67. The summed E-state index contributed by atoms with van der Waals surface area (Å²) in [5.41, 5.74) is 0.146. The molecule has 7 heteroatoms. The summed E-state index contributed by atoms with van der Waals surface area (Å²) < 4.78 is 5.57. The Bertz CT molecular complexity index is 668. The van der Waals surface area contributed by atoms with Gasteiger partial charge in [-0.05, 0) is 18.1 Å². The van der Waals surface area contributed by atoms with Crippen LogP contribution in [0.5, 0.6) is 11.5 Å². The Hall–Kier alpha value is -2.96. The molecule has 0 spiro atoms. The minimum absolute atomic E-state index is 0.0665. The number of para-hydroxylation sites is 1. The summed E-state index contributed by atoms with van der Waals surface area (Å²) in [5, 5.41) is 21.7. The summed E-state index contributed by atoms with van der Waals surface area (Å²) in [6, 6.07) is 10.4. The highest BCUT2D eigenvalue weighted by molar-refractivity contribution is 5.51. The third-order valence-corrected chi connectivity index (χ3v) is 2.88. The normalized spacial score (nSPS) is 9.52. The largest absolute Gasteiger partial charge is 0.457 e. The van der Waals surface area contributed by atoms with Crippen molar-refractivity contribution >= 4 is 11.4 Å². The lowest BCUT2D eigenvalue weighted by Crippen LogP contribution is -1.95. The SMILES string of the molecule is CC.CCc1ccccc1Oc1cc([N+](=O)[O-])cc([N+](=O)[O-])c1. The third-order valence-electron chi connectivity index (χ3n) is 2.88. The van der Waals surface area contributed by atoms with Crippen molar-refractivity contribution in [2.24, 2.45) is 0 Å². The highest BCUT2D eigenvalue weighted by atomic mass is 16.6. The standard InChI is InChI=1S/C14H12N2O5.C2H6/c1-2-10-5-3-4-6-14(10)21-13-8-11(15(17)18)7-12(9-13)16(19)20;1-2/h3-9H,2H2,1H3;1-2H3. The summed E-state index contributed by atoms with van der Waals surface area (Å²) in [4.78, 5) is 20.3. The van der Waals surface area contributed by atoms with Gasteiger partial charge in [0.1, 0.15) is 11.5 Å². The molecule has 0 radical (unpaired) electrons. The Morgan fingerprint density at radius 2 is 1.48 bits per heavy atom. The van der Waals surface area contributed by atoms with E-state index < -0.39 is 9.85 Å². The molecule has 0 saturated carbocycles. The molecule has 0 aliphatic rings. The van der Waals surface area contributed by atoms with Crippen molar-refractivity contribution in [1.82, 2.24) is 0 Å². The fraction of sp³-hybridized carbons (Fsp3) is 0.250. The third kappa shape index (κ3) is 4.77. The molecule has 0 aromatic heterocycles. The van der Waals surface area contributed by atoms with Crippen molar-refractivity contribution in [3.8, 4) is 11.5 Å². The van der Waals surface area contributed by atoms with Gasteiger partial charge in [-0.1, -0.05) is 39.0 Å². The van der Waals surface area contributed by atoms with Crippen LogP contribution < -0.4 is 4.74 Å². The number of aryl methyl sites for hydroxylation is 1. The number of nitro groups is 2. The molecule has 2 rings (SSSR count). The van der Waals surface area contributed by atoms with Gasteiger partial charge < -0.3 is 4.74 Å². The number of ether oxygens (including phenoxy) is 1. The van der Waals surface area contributed by atoms with E-state index in [4.69, 9.17) is 4.74 Å². The van der Waals surface area contributed by atoms with Gasteiger partial charge in [-0.15, -0.1) is 0 Å². The monoisotopic (exact) mass is 318 g/mol. The lowest BCUT2D eigenvalue weighted by atomic mass is 10.1. The van der Waals surface area contributed by atoms with Crippen molar-refractivity contribution in [1.29, 1.82) is 0 Å². The summed E-state index contributed by atoms with van der Waals surface area (Å²) in [6.07, 6.45) is 0.715. The maximum Gasteiger partial charge on any atom is 0.280 e. The van der Waals surface area contributed by atoms with Crippen LogP contribution in [0.15, 0.2) is 42.5 Å². The average molecular weight is 318 g/mol. The quantitative estimate of drug-likeness (QED) is 0.578. The molecule has 0 heterocycles. The molecule has 0 N–H and O–H groups in total. The van der Waals surface area contributed by atoms with Gasteiger partial charge in [-0.2, -0.15) is 0 Å². The van der Waals surface area contributed by atoms with Crippen molar-refractivity contribution in [3.63, 3.8) is 0 Å². The van der Waals surface area contributed by atoms with Crippen LogP contribution in [0.25, 0.3) is 0 Å². The Morgan fingerprint density at radius 3 is 1.96 bits per heavy atom. The van der Waals surface area contributed by atoms with Gasteiger partial charge >= 0.3 is 0 Å². The van der Waals surface area contributed by atoms with E-state index in [1.54, 1.807) is 12.1 Å². The van der Waals surface area contributed by atoms with Gasteiger partial charge in [-0.25, -0.2) is 0 Å². The minimum atomic E-state index is -0.689. The molecule has 0 atom stereocenters. The van der Waals surface area contributed by atoms with Crippen LogP contribution in [0.3, 0.4) is 0 Å². The Morgan fingerprint density at radius 1 is 0.957 bits per heavy atom. The molecule has 122 valence electrons. The second-order valence-electron chi connectivity index (χ2n) is 4.26. The highest BCUT2D eigenvalue weighted by Crippen LogP contribution is 2.32. The molecule has 23 heavy (non-hydrogen) atoms. The molecule has 2 aromatic carbocycles. The minimum Gasteiger partial charge on any atom is -0.457 e. The predicted molar refractivity (Wildman–Crippen MR) is 87.0 cm³/mol. The van der Waals surface area contributed by atoms with Gasteiger partial charge in [0.2, 0.25) is 0 Å². The van der Waals surface area contributed by atoms with Gasteiger partial charge in [0.15, 0.2) is 0 Å². The zero-order valence-electron chi connectivity index (χ0n) is 13.2. The van der Waals surface area contributed by atoms with E-state index in [1.807, 2.05) is 32.9 Å². The first-order valence-corrected chi connectivity index (χ1v) is 7.21. The highest BCUT2D eigenvalue weighted by Gasteiger charge is 2.18. The van der Waals surface area contributed by atoms with E-state index in [0.717, 1.165) is 11.6 Å². The van der Waals surface area contributed by atoms with Crippen LogP contribution in [0.4, 0.5) is 11.4 Å². The maximum absolute atomic E-state index is 10.8. The molecule has 2 aromatic rings. The first-order valence-electron chi connectivity index (χ1n) is 7.21. The number of benzene rings is 2. The van der Waals surface area contributed by atoms with Crippen LogP contribution >= 0.6 is 0 Å². The molecular weight excluding hydrogens is 300 g/mol. The van der Waals surface area contributed by atoms with Crippen molar-refractivity contribution < 1.29 is 14.6 Å². The molecule has 0 fully saturated rings. The molecule has 0 saturated heterocycles. The number of hydrogen-bond acceptors (Lipinski definition) is 5. The smallest absolute Gasteiger partial charge is 0.280 e. The van der Waals surface area contributed by atoms with Crippen LogP contribution in [0.2, 0.25) is 0 Å². The van der Waals surface area contributed by atoms with Crippen LogP contribution in [-0.2, 0) is 6.42 Å². The summed E-state index contributed by atoms with van der Waals surface area (Å²) >= 11 is 0. The fourth-order valence-corrected chi connectivity index (χ4v) is 1.86.